The molecule has 6 unspecified atom stereocenters. The smallest absolute Gasteiger partial charge is 0.331 e. The molecule has 3 aliphatic rings. The highest BCUT2D eigenvalue weighted by Gasteiger charge is 2.58. The molecule has 0 amide bonds. The van der Waals surface area contributed by atoms with Crippen LogP contribution in [-0.4, -0.2) is 27.9 Å². The first kappa shape index (κ1) is 27.2. The molecule has 0 aliphatic heterocycles. The van der Waals surface area contributed by atoms with Crippen molar-refractivity contribution in [1.82, 2.24) is 0 Å². The minimum absolute atomic E-state index is 0.0435. The minimum Gasteiger partial charge on any atom is -0.481 e. The average molecular weight is 483 g/mol. The molecule has 0 aromatic carbocycles. The van der Waals surface area contributed by atoms with Gasteiger partial charge in [-0.3, -0.25) is 9.59 Å². The lowest BCUT2D eigenvalue weighted by molar-refractivity contribution is -0.138. The fourth-order valence-electron chi connectivity index (χ4n) is 7.63. The van der Waals surface area contributed by atoms with Gasteiger partial charge in [0.15, 0.2) is 5.78 Å². The molecular weight excluding hydrogens is 440 g/mol. The number of aliphatic carboxylic acids is 2. The van der Waals surface area contributed by atoms with Crippen molar-refractivity contribution in [3.05, 3.63) is 47.1 Å². The molecular formula is C30H42O5. The van der Waals surface area contributed by atoms with Gasteiger partial charge in [0.2, 0.25) is 0 Å². The molecule has 0 saturated heterocycles. The number of carbonyl (C=O) groups excluding carboxylic acids is 1. The van der Waals surface area contributed by atoms with Crippen LogP contribution < -0.4 is 0 Å². The third-order valence-electron chi connectivity index (χ3n) is 10.2. The highest BCUT2D eigenvalue weighted by molar-refractivity contribution is 5.98. The van der Waals surface area contributed by atoms with Crippen molar-refractivity contribution in [2.45, 2.75) is 86.5 Å². The van der Waals surface area contributed by atoms with E-state index in [0.29, 0.717) is 18.8 Å². The molecule has 0 heterocycles. The Morgan fingerprint density at radius 2 is 1.83 bits per heavy atom. The van der Waals surface area contributed by atoms with E-state index in [0.717, 1.165) is 31.3 Å². The summed E-state index contributed by atoms with van der Waals surface area (Å²) < 4.78 is 0. The summed E-state index contributed by atoms with van der Waals surface area (Å²) in [6, 6.07) is 0. The van der Waals surface area contributed by atoms with Crippen LogP contribution in [-0.2, 0) is 14.4 Å². The number of ketones is 1. The van der Waals surface area contributed by atoms with Crippen LogP contribution >= 0.6 is 0 Å². The Hall–Kier alpha value is -2.43. The van der Waals surface area contributed by atoms with E-state index in [1.165, 1.54) is 24.1 Å². The number of rotatable bonds is 9. The van der Waals surface area contributed by atoms with E-state index in [1.807, 2.05) is 6.92 Å². The third-order valence-corrected chi connectivity index (χ3v) is 10.2. The van der Waals surface area contributed by atoms with Crippen LogP contribution in [0.1, 0.15) is 86.5 Å². The topological polar surface area (TPSA) is 91.7 Å². The fourth-order valence-corrected chi connectivity index (χ4v) is 7.63. The van der Waals surface area contributed by atoms with Gasteiger partial charge in [-0.25, -0.2) is 4.79 Å². The van der Waals surface area contributed by atoms with Crippen LogP contribution in [0.5, 0.6) is 0 Å². The summed E-state index contributed by atoms with van der Waals surface area (Å²) in [5.74, 6) is -1.36. The number of fused-ring (bicyclic) bond motifs is 2. The highest BCUT2D eigenvalue weighted by Crippen LogP contribution is 2.68. The SMILES string of the molecule is C=C(C)C1C=CC2=C3CCC(C)(C(C)CC(=O)C=C(C)C(=O)O)C3(C)CCC2C1(C)CCC(=O)O. The Morgan fingerprint density at radius 1 is 1.17 bits per heavy atom. The van der Waals surface area contributed by atoms with E-state index < -0.39 is 11.9 Å². The van der Waals surface area contributed by atoms with Gasteiger partial charge in [-0.2, -0.15) is 0 Å². The van der Waals surface area contributed by atoms with Gasteiger partial charge in [0.25, 0.3) is 0 Å². The molecule has 1 fully saturated rings. The second-order valence-corrected chi connectivity index (χ2v) is 12.1. The maximum Gasteiger partial charge on any atom is 0.331 e. The normalized spacial score (nSPS) is 35.3. The molecule has 0 radical (unpaired) electrons. The summed E-state index contributed by atoms with van der Waals surface area (Å²) in [5.41, 5.74) is 3.73. The van der Waals surface area contributed by atoms with E-state index in [1.54, 1.807) is 0 Å². The summed E-state index contributed by atoms with van der Waals surface area (Å²) in [4.78, 5) is 35.3. The Kier molecular flexibility index (Phi) is 7.41. The van der Waals surface area contributed by atoms with Crippen molar-refractivity contribution in [2.75, 3.05) is 0 Å². The molecule has 5 nitrogen and oxygen atoms in total. The molecule has 2 N–H and O–H groups in total. The summed E-state index contributed by atoms with van der Waals surface area (Å²) in [6.07, 6.45) is 10.9. The second-order valence-electron chi connectivity index (χ2n) is 12.1. The predicted molar refractivity (Wildman–Crippen MR) is 138 cm³/mol. The van der Waals surface area contributed by atoms with Crippen molar-refractivity contribution in [3.8, 4) is 0 Å². The van der Waals surface area contributed by atoms with Crippen molar-refractivity contribution in [2.24, 2.45) is 34.0 Å². The number of carboxylic acids is 2. The van der Waals surface area contributed by atoms with Gasteiger partial charge in [-0.05, 0) is 85.7 Å². The Balaban J connectivity index is 1.97. The zero-order chi connectivity index (χ0) is 26.3. The Morgan fingerprint density at radius 3 is 2.40 bits per heavy atom. The zero-order valence-electron chi connectivity index (χ0n) is 22.2. The maximum atomic E-state index is 12.7. The monoisotopic (exact) mass is 482 g/mol. The number of hydrogen-bond donors (Lipinski definition) is 2. The fraction of sp³-hybridized carbons (Fsp3) is 0.633. The molecule has 0 aromatic rings. The number of hydrogen-bond acceptors (Lipinski definition) is 3. The van der Waals surface area contributed by atoms with E-state index in [2.05, 4.69) is 46.4 Å². The first-order chi connectivity index (χ1) is 16.2. The molecule has 3 rings (SSSR count). The van der Waals surface area contributed by atoms with Crippen molar-refractivity contribution in [1.29, 1.82) is 0 Å². The Bertz CT molecular complexity index is 1030. The lowest BCUT2D eigenvalue weighted by Crippen LogP contribution is -2.46. The molecule has 0 spiro atoms. The van der Waals surface area contributed by atoms with Gasteiger partial charge in [0, 0.05) is 24.3 Å². The van der Waals surface area contributed by atoms with Crippen LogP contribution in [0.2, 0.25) is 0 Å². The summed E-state index contributed by atoms with van der Waals surface area (Å²) in [6.45, 7) is 16.8. The lowest BCUT2D eigenvalue weighted by Gasteiger charge is -2.55. The molecule has 5 heteroatoms. The molecule has 0 aromatic heterocycles. The van der Waals surface area contributed by atoms with Crippen LogP contribution in [0.4, 0.5) is 0 Å². The van der Waals surface area contributed by atoms with Crippen molar-refractivity contribution in [3.63, 3.8) is 0 Å². The number of carbonyl (C=O) groups is 3. The van der Waals surface area contributed by atoms with Crippen LogP contribution in [0.15, 0.2) is 47.1 Å². The van der Waals surface area contributed by atoms with Gasteiger partial charge < -0.3 is 10.2 Å². The zero-order valence-corrected chi connectivity index (χ0v) is 22.2. The standard InChI is InChI=1S/C30H42O5/c1-18(2)23-9-8-22-24(28(23,5)13-12-26(32)33)10-15-30(7)25(22)11-14-29(30,6)20(4)17-21(31)16-19(3)27(34)35/h8-9,16,20,23-24H,1,10-15,17H2,2-7H3,(H,32,33)(H,34,35). The van der Waals surface area contributed by atoms with Gasteiger partial charge >= 0.3 is 11.9 Å². The second kappa shape index (κ2) is 9.55. The first-order valence-electron chi connectivity index (χ1n) is 12.9. The molecule has 192 valence electrons. The number of carboxylic acid groups (broad SMARTS) is 2. The van der Waals surface area contributed by atoms with Gasteiger partial charge in [0.1, 0.15) is 0 Å². The minimum atomic E-state index is -1.06. The van der Waals surface area contributed by atoms with Crippen molar-refractivity contribution < 1.29 is 24.6 Å². The van der Waals surface area contributed by atoms with Crippen LogP contribution in [0.25, 0.3) is 0 Å². The molecule has 35 heavy (non-hydrogen) atoms. The van der Waals surface area contributed by atoms with E-state index in [9.17, 15) is 19.5 Å². The van der Waals surface area contributed by atoms with Gasteiger partial charge in [-0.15, -0.1) is 0 Å². The Labute approximate surface area is 210 Å². The number of allylic oxidation sites excluding steroid dienone is 6. The largest absolute Gasteiger partial charge is 0.481 e. The maximum absolute atomic E-state index is 12.7. The third kappa shape index (κ3) is 4.59. The van der Waals surface area contributed by atoms with Crippen LogP contribution in [0, 0.1) is 34.0 Å². The lowest BCUT2D eigenvalue weighted by atomic mass is 9.49. The quantitative estimate of drug-likeness (QED) is 0.280. The van der Waals surface area contributed by atoms with E-state index >= 15 is 0 Å². The summed E-state index contributed by atoms with van der Waals surface area (Å²) >= 11 is 0. The van der Waals surface area contributed by atoms with E-state index in [4.69, 9.17) is 5.11 Å². The highest BCUT2D eigenvalue weighted by atomic mass is 16.4. The van der Waals surface area contributed by atoms with Gasteiger partial charge in [-0.1, -0.05) is 57.6 Å². The first-order valence-corrected chi connectivity index (χ1v) is 12.9. The molecule has 6 atom stereocenters. The predicted octanol–water partition coefficient (Wildman–Crippen LogP) is 6.76. The average Bonchev–Trinajstić information content (AvgIpc) is 3.04. The molecule has 3 aliphatic carbocycles. The van der Waals surface area contributed by atoms with E-state index in [-0.39, 0.29) is 45.9 Å². The summed E-state index contributed by atoms with van der Waals surface area (Å²) in [7, 11) is 0. The summed E-state index contributed by atoms with van der Waals surface area (Å²) in [5, 5.41) is 18.6. The van der Waals surface area contributed by atoms with Crippen molar-refractivity contribution >= 4 is 17.7 Å². The molecule has 0 bridgehead atoms. The molecule has 1 saturated carbocycles. The van der Waals surface area contributed by atoms with Gasteiger partial charge in [0.05, 0.1) is 0 Å². The van der Waals surface area contributed by atoms with Crippen LogP contribution in [0.3, 0.4) is 0 Å².